The molecule has 140 valence electrons. The quantitative estimate of drug-likeness (QED) is 0.481. The zero-order chi connectivity index (χ0) is 19.7. The van der Waals surface area contributed by atoms with Crippen LogP contribution >= 0.6 is 35.2 Å². The van der Waals surface area contributed by atoms with E-state index in [4.69, 9.17) is 23.8 Å². The van der Waals surface area contributed by atoms with Crippen molar-refractivity contribution in [2.75, 3.05) is 5.32 Å². The fourth-order valence-corrected chi connectivity index (χ4v) is 3.79. The molecule has 2 aromatic heterocycles. The van der Waals surface area contributed by atoms with Gasteiger partial charge in [0.15, 0.2) is 10.9 Å². The molecule has 2 N–H and O–H groups in total. The molecule has 2 aromatic carbocycles. The number of carbonyl (C=O) groups excluding carboxylic acids is 1. The topological polar surface area (TPSA) is 84.2 Å². The number of amides is 1. The minimum absolute atomic E-state index is 0.187. The molecular weight excluding hydrogens is 416 g/mol. The van der Waals surface area contributed by atoms with Gasteiger partial charge in [-0.25, -0.2) is 0 Å². The number of hydrogen-bond acceptors (Lipinski definition) is 6. The first-order valence-electron chi connectivity index (χ1n) is 8.17. The smallest absolute Gasteiger partial charge is 0.257 e. The van der Waals surface area contributed by atoms with Gasteiger partial charge in [0.25, 0.3) is 5.91 Å². The van der Waals surface area contributed by atoms with Gasteiger partial charge in [0.05, 0.1) is 5.69 Å². The van der Waals surface area contributed by atoms with Crippen molar-refractivity contribution >= 4 is 56.8 Å². The first kappa shape index (κ1) is 18.5. The molecule has 7 nitrogen and oxygen atoms in total. The van der Waals surface area contributed by atoms with Crippen LogP contribution in [0.25, 0.3) is 15.5 Å². The number of benzene rings is 2. The molecule has 0 atom stereocenters. The van der Waals surface area contributed by atoms with E-state index in [1.54, 1.807) is 28.8 Å². The number of aromatic nitrogens is 4. The Bertz CT molecular complexity index is 1180. The Hall–Kier alpha value is -2.88. The Morgan fingerprint density at radius 1 is 1.14 bits per heavy atom. The van der Waals surface area contributed by atoms with E-state index < -0.39 is 0 Å². The molecular formula is C18H13ClN6OS2. The van der Waals surface area contributed by atoms with Crippen LogP contribution in [0.5, 0.6) is 0 Å². The van der Waals surface area contributed by atoms with Gasteiger partial charge in [-0.3, -0.25) is 10.1 Å². The van der Waals surface area contributed by atoms with E-state index in [0.717, 1.165) is 16.3 Å². The normalized spacial score (nSPS) is 10.8. The molecule has 4 rings (SSSR count). The van der Waals surface area contributed by atoms with E-state index >= 15 is 0 Å². The van der Waals surface area contributed by atoms with E-state index in [9.17, 15) is 4.79 Å². The summed E-state index contributed by atoms with van der Waals surface area (Å²) in [6, 6.07) is 14.1. The number of rotatable bonds is 3. The number of halogens is 1. The van der Waals surface area contributed by atoms with Gasteiger partial charge in [-0.15, -0.1) is 10.2 Å². The lowest BCUT2D eigenvalue weighted by molar-refractivity contribution is 0.0977. The molecule has 2 heterocycles. The van der Waals surface area contributed by atoms with E-state index in [0.29, 0.717) is 21.4 Å². The van der Waals surface area contributed by atoms with Crippen LogP contribution in [0.15, 0.2) is 48.5 Å². The molecule has 0 aliphatic heterocycles. The molecule has 0 bridgehead atoms. The fourth-order valence-electron chi connectivity index (χ4n) is 2.53. The second-order valence-electron chi connectivity index (χ2n) is 5.81. The SMILES string of the molecule is Cc1nnc2sc(-c3ccccc3NC(=S)NC(=O)c3ccc(Cl)cc3)nn12. The number of anilines is 1. The van der Waals surface area contributed by atoms with Gasteiger partial charge < -0.3 is 5.32 Å². The standard InChI is InChI=1S/C18H13ClN6OS2/c1-10-22-23-18-25(10)24-16(28-18)13-4-2-3-5-14(13)20-17(27)21-15(26)11-6-8-12(19)9-7-11/h2-9H,1H3,(H2,20,21,26,27). The van der Waals surface area contributed by atoms with Crippen LogP contribution in [0.2, 0.25) is 5.02 Å². The summed E-state index contributed by atoms with van der Waals surface area (Å²) in [5.74, 6) is 0.398. The van der Waals surface area contributed by atoms with Gasteiger partial charge in [0.2, 0.25) is 4.96 Å². The van der Waals surface area contributed by atoms with Gasteiger partial charge in [-0.05, 0) is 55.5 Å². The largest absolute Gasteiger partial charge is 0.332 e. The maximum atomic E-state index is 12.3. The Morgan fingerprint density at radius 2 is 1.89 bits per heavy atom. The molecule has 28 heavy (non-hydrogen) atoms. The molecule has 0 fully saturated rings. The van der Waals surface area contributed by atoms with Crippen LogP contribution < -0.4 is 10.6 Å². The van der Waals surface area contributed by atoms with E-state index in [-0.39, 0.29) is 11.0 Å². The van der Waals surface area contributed by atoms with Crippen LogP contribution in [0.1, 0.15) is 16.2 Å². The molecule has 0 unspecified atom stereocenters. The average Bonchev–Trinajstić information content (AvgIpc) is 3.25. The predicted molar refractivity (Wildman–Crippen MR) is 114 cm³/mol. The fraction of sp³-hybridized carbons (Fsp3) is 0.0556. The third-order valence-electron chi connectivity index (χ3n) is 3.89. The molecule has 0 aliphatic carbocycles. The van der Waals surface area contributed by atoms with Crippen LogP contribution in [0, 0.1) is 6.92 Å². The molecule has 1 amide bonds. The molecule has 0 aliphatic rings. The Labute approximate surface area is 174 Å². The van der Waals surface area contributed by atoms with Gasteiger partial charge in [0, 0.05) is 16.1 Å². The van der Waals surface area contributed by atoms with Crippen molar-refractivity contribution in [3.63, 3.8) is 0 Å². The van der Waals surface area contributed by atoms with Gasteiger partial charge in [-0.1, -0.05) is 35.1 Å². The molecule has 0 spiro atoms. The lowest BCUT2D eigenvalue weighted by atomic mass is 10.2. The summed E-state index contributed by atoms with van der Waals surface area (Å²) in [7, 11) is 0. The number of hydrogen-bond donors (Lipinski definition) is 2. The summed E-state index contributed by atoms with van der Waals surface area (Å²) in [5.41, 5.74) is 2.04. The number of aryl methyl sites for hydroxylation is 1. The zero-order valence-electron chi connectivity index (χ0n) is 14.5. The minimum Gasteiger partial charge on any atom is -0.332 e. The second kappa shape index (κ2) is 7.63. The monoisotopic (exact) mass is 428 g/mol. The highest BCUT2D eigenvalue weighted by atomic mass is 35.5. The van der Waals surface area contributed by atoms with Crippen molar-refractivity contribution in [2.45, 2.75) is 6.92 Å². The molecule has 0 saturated heterocycles. The molecule has 0 radical (unpaired) electrons. The summed E-state index contributed by atoms with van der Waals surface area (Å²) in [6.45, 7) is 1.84. The lowest BCUT2D eigenvalue weighted by Crippen LogP contribution is -2.34. The minimum atomic E-state index is -0.318. The van der Waals surface area contributed by atoms with Crippen molar-refractivity contribution in [2.24, 2.45) is 0 Å². The molecule has 10 heteroatoms. The lowest BCUT2D eigenvalue weighted by Gasteiger charge is -2.12. The van der Waals surface area contributed by atoms with Crippen LogP contribution in [-0.2, 0) is 0 Å². The van der Waals surface area contributed by atoms with Crippen molar-refractivity contribution in [1.82, 2.24) is 25.1 Å². The van der Waals surface area contributed by atoms with Crippen molar-refractivity contribution < 1.29 is 4.79 Å². The number of thiocarbonyl (C=S) groups is 1. The molecule has 0 saturated carbocycles. The van der Waals surface area contributed by atoms with Gasteiger partial charge in [0.1, 0.15) is 5.01 Å². The Kier molecular flexibility index (Phi) is 5.03. The maximum Gasteiger partial charge on any atom is 0.257 e. The summed E-state index contributed by atoms with van der Waals surface area (Å²) < 4.78 is 1.69. The number of carbonyl (C=O) groups is 1. The summed E-state index contributed by atoms with van der Waals surface area (Å²) in [5, 5.41) is 19.9. The second-order valence-corrected chi connectivity index (χ2v) is 7.61. The van der Waals surface area contributed by atoms with Gasteiger partial charge in [-0.2, -0.15) is 9.61 Å². The zero-order valence-corrected chi connectivity index (χ0v) is 16.9. The number of fused-ring (bicyclic) bond motifs is 1. The molecule has 4 aromatic rings. The number of nitrogens with one attached hydrogen (secondary N) is 2. The summed E-state index contributed by atoms with van der Waals surface area (Å²) >= 11 is 12.6. The van der Waals surface area contributed by atoms with Crippen molar-refractivity contribution in [3.05, 3.63) is 64.9 Å². The first-order valence-corrected chi connectivity index (χ1v) is 9.77. The van der Waals surface area contributed by atoms with Crippen LogP contribution in [-0.4, -0.2) is 30.8 Å². The van der Waals surface area contributed by atoms with Crippen molar-refractivity contribution in [3.8, 4) is 10.6 Å². The first-order chi connectivity index (χ1) is 13.5. The highest BCUT2D eigenvalue weighted by Crippen LogP contribution is 2.31. The van der Waals surface area contributed by atoms with Crippen LogP contribution in [0.3, 0.4) is 0 Å². The third-order valence-corrected chi connectivity index (χ3v) is 5.27. The number of para-hydroxylation sites is 1. The van der Waals surface area contributed by atoms with E-state index in [1.165, 1.54) is 11.3 Å². The Balaban J connectivity index is 1.54. The van der Waals surface area contributed by atoms with E-state index in [1.807, 2.05) is 31.2 Å². The number of nitrogens with zero attached hydrogens (tertiary/aromatic N) is 4. The summed E-state index contributed by atoms with van der Waals surface area (Å²) in [6.07, 6.45) is 0. The predicted octanol–water partition coefficient (Wildman–Crippen LogP) is 3.94. The van der Waals surface area contributed by atoms with Gasteiger partial charge >= 0.3 is 0 Å². The Morgan fingerprint density at radius 3 is 2.64 bits per heavy atom. The highest BCUT2D eigenvalue weighted by molar-refractivity contribution is 7.80. The van der Waals surface area contributed by atoms with Crippen LogP contribution in [0.4, 0.5) is 5.69 Å². The average molecular weight is 429 g/mol. The van der Waals surface area contributed by atoms with Crippen molar-refractivity contribution in [1.29, 1.82) is 0 Å². The third kappa shape index (κ3) is 3.72. The summed E-state index contributed by atoms with van der Waals surface area (Å²) in [4.78, 5) is 13.0. The van der Waals surface area contributed by atoms with E-state index in [2.05, 4.69) is 25.9 Å². The maximum absolute atomic E-state index is 12.3. The highest BCUT2D eigenvalue weighted by Gasteiger charge is 2.15.